The average molecular weight is 115 g/mol. The molecule has 1 atom stereocenters. The molecule has 1 radical (unpaired) electrons. The monoisotopic (exact) mass is 115 g/mol. The second-order valence-electron chi connectivity index (χ2n) is 1.92. The van der Waals surface area contributed by atoms with Gasteiger partial charge in [0, 0.05) is 12.6 Å². The smallest absolute Gasteiger partial charge is 0.0233 e. The van der Waals surface area contributed by atoms with Crippen LogP contribution in [0.2, 0.25) is 0 Å². The first-order chi connectivity index (χ1) is 3.81. The second-order valence-corrected chi connectivity index (χ2v) is 1.92. The summed E-state index contributed by atoms with van der Waals surface area (Å²) in [6.07, 6.45) is 1.08. The number of nitrogens with one attached hydrogen (secondary N) is 2. The van der Waals surface area contributed by atoms with E-state index in [9.17, 15) is 0 Å². The summed E-state index contributed by atoms with van der Waals surface area (Å²) >= 11 is 0. The van der Waals surface area contributed by atoms with Gasteiger partial charge < -0.3 is 10.6 Å². The predicted molar refractivity (Wildman–Crippen MR) is 36.5 cm³/mol. The lowest BCUT2D eigenvalue weighted by molar-refractivity contribution is 0.585. The van der Waals surface area contributed by atoms with E-state index in [-0.39, 0.29) is 0 Å². The third-order valence-electron chi connectivity index (χ3n) is 1.17. The van der Waals surface area contributed by atoms with Crippen molar-refractivity contribution in [1.29, 1.82) is 0 Å². The van der Waals surface area contributed by atoms with E-state index >= 15 is 0 Å². The molecular weight excluding hydrogens is 100 g/mol. The Balaban J connectivity index is 2.86. The van der Waals surface area contributed by atoms with Crippen molar-refractivity contribution in [2.75, 3.05) is 14.1 Å². The van der Waals surface area contributed by atoms with E-state index in [0.29, 0.717) is 6.04 Å². The van der Waals surface area contributed by atoms with Crippen LogP contribution in [0.5, 0.6) is 0 Å². The van der Waals surface area contributed by atoms with Gasteiger partial charge in [-0.2, -0.15) is 0 Å². The lowest BCUT2D eigenvalue weighted by atomic mass is 10.2. The molecule has 1 unspecified atom stereocenters. The van der Waals surface area contributed by atoms with Crippen molar-refractivity contribution in [1.82, 2.24) is 10.6 Å². The van der Waals surface area contributed by atoms with Crippen molar-refractivity contribution in [2.45, 2.75) is 19.4 Å². The van der Waals surface area contributed by atoms with Gasteiger partial charge in [0.1, 0.15) is 0 Å². The highest BCUT2D eigenvalue weighted by Crippen LogP contribution is 1.88. The highest BCUT2D eigenvalue weighted by molar-refractivity contribution is 4.66. The van der Waals surface area contributed by atoms with Gasteiger partial charge >= 0.3 is 0 Å². The van der Waals surface area contributed by atoms with Gasteiger partial charge in [-0.1, -0.05) is 0 Å². The summed E-state index contributed by atoms with van der Waals surface area (Å²) < 4.78 is 0. The molecule has 0 amide bonds. The van der Waals surface area contributed by atoms with E-state index in [1.807, 2.05) is 20.6 Å². The van der Waals surface area contributed by atoms with E-state index in [1.54, 1.807) is 0 Å². The van der Waals surface area contributed by atoms with Gasteiger partial charge in [0.05, 0.1) is 0 Å². The standard InChI is InChI=1S/C6H15N2/c1-6(8-3)4-5-7-2/h5-8H,4H2,1-3H3. The molecule has 0 saturated carbocycles. The maximum atomic E-state index is 3.13. The van der Waals surface area contributed by atoms with Crippen molar-refractivity contribution in [3.05, 3.63) is 6.54 Å². The van der Waals surface area contributed by atoms with Crippen molar-refractivity contribution in [2.24, 2.45) is 0 Å². The van der Waals surface area contributed by atoms with Gasteiger partial charge in [-0.25, -0.2) is 0 Å². The molecule has 0 spiro atoms. The van der Waals surface area contributed by atoms with E-state index in [0.717, 1.165) is 6.42 Å². The van der Waals surface area contributed by atoms with E-state index in [4.69, 9.17) is 0 Å². The normalized spacial score (nSPS) is 13.9. The molecule has 0 aromatic heterocycles. The molecule has 0 aliphatic heterocycles. The van der Waals surface area contributed by atoms with Crippen LogP contribution < -0.4 is 10.6 Å². The fraction of sp³-hybridized carbons (Fsp3) is 0.833. The maximum absolute atomic E-state index is 3.13. The molecule has 0 fully saturated rings. The summed E-state index contributed by atoms with van der Waals surface area (Å²) in [5.74, 6) is 0. The molecule has 2 N–H and O–H groups in total. The topological polar surface area (TPSA) is 24.1 Å². The van der Waals surface area contributed by atoms with Crippen LogP contribution in [-0.4, -0.2) is 20.1 Å². The van der Waals surface area contributed by atoms with E-state index < -0.39 is 0 Å². The molecule has 0 aromatic rings. The zero-order valence-electron chi connectivity index (χ0n) is 5.86. The van der Waals surface area contributed by atoms with E-state index in [2.05, 4.69) is 17.6 Å². The van der Waals surface area contributed by atoms with Gasteiger partial charge in [-0.3, -0.25) is 0 Å². The third-order valence-corrected chi connectivity index (χ3v) is 1.17. The minimum Gasteiger partial charge on any atom is -0.317 e. The average Bonchev–Trinajstić information content (AvgIpc) is 1.83. The minimum absolute atomic E-state index is 0.586. The van der Waals surface area contributed by atoms with Crippen molar-refractivity contribution in [3.8, 4) is 0 Å². The Morgan fingerprint density at radius 1 is 1.50 bits per heavy atom. The van der Waals surface area contributed by atoms with Gasteiger partial charge in [0.2, 0.25) is 0 Å². The summed E-state index contributed by atoms with van der Waals surface area (Å²) in [7, 11) is 3.89. The lowest BCUT2D eigenvalue weighted by Crippen LogP contribution is -2.22. The fourth-order valence-corrected chi connectivity index (χ4v) is 0.412. The van der Waals surface area contributed by atoms with Crippen LogP contribution in [0.1, 0.15) is 13.3 Å². The lowest BCUT2D eigenvalue weighted by Gasteiger charge is -2.07. The summed E-state index contributed by atoms with van der Waals surface area (Å²) in [5.41, 5.74) is 0. The van der Waals surface area contributed by atoms with Crippen LogP contribution >= 0.6 is 0 Å². The molecule has 2 heteroatoms. The number of hydrogen-bond donors (Lipinski definition) is 2. The fourth-order valence-electron chi connectivity index (χ4n) is 0.412. The van der Waals surface area contributed by atoms with Crippen molar-refractivity contribution < 1.29 is 0 Å². The molecule has 0 bridgehead atoms. The van der Waals surface area contributed by atoms with Gasteiger partial charge in [-0.05, 0) is 27.4 Å². The molecular formula is C6H15N2. The molecule has 49 valence electrons. The van der Waals surface area contributed by atoms with Crippen LogP contribution in [-0.2, 0) is 0 Å². The maximum Gasteiger partial charge on any atom is 0.0233 e. The number of rotatable bonds is 4. The molecule has 0 heterocycles. The Hall–Kier alpha value is -0.0800. The van der Waals surface area contributed by atoms with Crippen LogP contribution in [0.4, 0.5) is 0 Å². The first-order valence-electron chi connectivity index (χ1n) is 2.97. The first kappa shape index (κ1) is 7.92. The zero-order chi connectivity index (χ0) is 6.41. The molecule has 0 rings (SSSR count). The van der Waals surface area contributed by atoms with Gasteiger partial charge in [0.15, 0.2) is 0 Å². The zero-order valence-corrected chi connectivity index (χ0v) is 5.86. The molecule has 2 nitrogen and oxygen atoms in total. The van der Waals surface area contributed by atoms with Gasteiger partial charge in [-0.15, -0.1) is 0 Å². The Labute approximate surface area is 51.7 Å². The van der Waals surface area contributed by atoms with Crippen LogP contribution in [0.15, 0.2) is 0 Å². The van der Waals surface area contributed by atoms with Crippen LogP contribution in [0.3, 0.4) is 0 Å². The van der Waals surface area contributed by atoms with Crippen LogP contribution in [0.25, 0.3) is 0 Å². The van der Waals surface area contributed by atoms with Crippen molar-refractivity contribution >= 4 is 0 Å². The molecule has 0 aliphatic carbocycles. The molecule has 0 saturated heterocycles. The Morgan fingerprint density at radius 3 is 2.50 bits per heavy atom. The minimum atomic E-state index is 0.586. The summed E-state index contributed by atoms with van der Waals surface area (Å²) in [4.78, 5) is 0. The predicted octanol–water partition coefficient (Wildman–Crippen LogP) is 0.366. The van der Waals surface area contributed by atoms with Crippen LogP contribution in [0, 0.1) is 6.54 Å². The Morgan fingerprint density at radius 2 is 2.12 bits per heavy atom. The summed E-state index contributed by atoms with van der Waals surface area (Å²) in [6, 6.07) is 0.586. The summed E-state index contributed by atoms with van der Waals surface area (Å²) in [6.45, 7) is 4.19. The van der Waals surface area contributed by atoms with Gasteiger partial charge in [0.25, 0.3) is 0 Å². The second kappa shape index (κ2) is 5.06. The SMILES string of the molecule is CN[CH]CC(C)NC. The largest absolute Gasteiger partial charge is 0.317 e. The molecule has 0 aromatic carbocycles. The first-order valence-corrected chi connectivity index (χ1v) is 2.97. The van der Waals surface area contributed by atoms with E-state index in [1.165, 1.54) is 0 Å². The highest BCUT2D eigenvalue weighted by atomic mass is 14.9. The Bertz CT molecular complexity index is 45.8. The Kier molecular flexibility index (Phi) is 5.01. The third kappa shape index (κ3) is 4.09. The quantitative estimate of drug-likeness (QED) is 0.553. The van der Waals surface area contributed by atoms with Crippen molar-refractivity contribution in [3.63, 3.8) is 0 Å². The number of hydrogen-bond acceptors (Lipinski definition) is 2. The summed E-state index contributed by atoms with van der Waals surface area (Å²) in [5, 5.41) is 6.10. The highest BCUT2D eigenvalue weighted by Gasteiger charge is 1.93. The molecule has 8 heavy (non-hydrogen) atoms. The molecule has 0 aliphatic rings.